The van der Waals surface area contributed by atoms with Gasteiger partial charge in [-0.2, -0.15) is 0 Å². The highest BCUT2D eigenvalue weighted by molar-refractivity contribution is 5.96. The molecule has 0 heterocycles. The van der Waals surface area contributed by atoms with Gasteiger partial charge >= 0.3 is 5.97 Å². The molecule has 0 aliphatic heterocycles. The number of amides is 1. The highest BCUT2D eigenvalue weighted by Crippen LogP contribution is 2.25. The number of aliphatic carboxylic acids is 1. The van der Waals surface area contributed by atoms with Gasteiger partial charge < -0.3 is 14.7 Å². The third-order valence-corrected chi connectivity index (χ3v) is 3.81. The van der Waals surface area contributed by atoms with Crippen molar-refractivity contribution in [1.82, 2.24) is 4.90 Å². The summed E-state index contributed by atoms with van der Waals surface area (Å²) in [6.45, 7) is 2.89. The quantitative estimate of drug-likeness (QED) is 0.871. The number of halogens is 1. The number of carbonyl (C=O) groups excluding carboxylic acids is 1. The van der Waals surface area contributed by atoms with Crippen LogP contribution in [0.1, 0.15) is 24.2 Å². The van der Waals surface area contributed by atoms with Crippen LogP contribution in [0.5, 0.6) is 5.75 Å². The van der Waals surface area contributed by atoms with Crippen molar-refractivity contribution in [2.75, 3.05) is 13.7 Å². The van der Waals surface area contributed by atoms with Crippen LogP contribution >= 0.6 is 0 Å². The molecule has 2 aromatic rings. The van der Waals surface area contributed by atoms with Gasteiger partial charge in [-0.3, -0.25) is 9.59 Å². The van der Waals surface area contributed by atoms with E-state index in [1.54, 1.807) is 51.3 Å². The monoisotopic (exact) mass is 345 g/mol. The van der Waals surface area contributed by atoms with Gasteiger partial charge in [0.05, 0.1) is 12.7 Å². The second kappa shape index (κ2) is 7.79. The Hall–Kier alpha value is -2.89. The fourth-order valence-corrected chi connectivity index (χ4v) is 2.44. The van der Waals surface area contributed by atoms with E-state index in [9.17, 15) is 14.0 Å². The van der Waals surface area contributed by atoms with Gasteiger partial charge in [-0.1, -0.05) is 18.2 Å². The molecule has 0 fully saturated rings. The van der Waals surface area contributed by atoms with Gasteiger partial charge in [0, 0.05) is 6.04 Å². The van der Waals surface area contributed by atoms with Crippen molar-refractivity contribution >= 4 is 11.9 Å². The molecule has 0 saturated heterocycles. The van der Waals surface area contributed by atoms with Crippen LogP contribution in [0.2, 0.25) is 0 Å². The summed E-state index contributed by atoms with van der Waals surface area (Å²) in [6, 6.07) is 11.0. The van der Waals surface area contributed by atoms with E-state index < -0.39 is 24.2 Å². The van der Waals surface area contributed by atoms with Crippen molar-refractivity contribution in [3.63, 3.8) is 0 Å². The third kappa shape index (κ3) is 4.35. The first-order valence-corrected chi connectivity index (χ1v) is 7.80. The molecule has 1 N–H and O–H groups in total. The number of methoxy groups -OCH3 is 1. The van der Waals surface area contributed by atoms with Crippen LogP contribution in [0.3, 0.4) is 0 Å². The Kier molecular flexibility index (Phi) is 5.75. The van der Waals surface area contributed by atoms with Crippen molar-refractivity contribution in [2.24, 2.45) is 0 Å². The van der Waals surface area contributed by atoms with Gasteiger partial charge in [0.1, 0.15) is 18.1 Å². The Morgan fingerprint density at radius 1 is 1.12 bits per heavy atom. The summed E-state index contributed by atoms with van der Waals surface area (Å²) in [6.07, 6.45) is 0. The highest BCUT2D eigenvalue weighted by atomic mass is 19.1. The number of nitrogens with zero attached hydrogens (tertiary/aromatic N) is 1. The fourth-order valence-electron chi connectivity index (χ4n) is 2.44. The lowest BCUT2D eigenvalue weighted by atomic mass is 10.0. The SMILES string of the molecule is COc1ccc(-c2ccc(C(=O)N(CC(=O)O)C(C)C)c(F)c2)cc1. The van der Waals surface area contributed by atoms with Gasteiger partial charge in [0.25, 0.3) is 5.91 Å². The van der Waals surface area contributed by atoms with Gasteiger partial charge in [0.15, 0.2) is 0 Å². The predicted octanol–water partition coefficient (Wildman–Crippen LogP) is 3.44. The average molecular weight is 345 g/mol. The van der Waals surface area contributed by atoms with Crippen LogP contribution in [0.25, 0.3) is 11.1 Å². The standard InChI is InChI=1S/C19H20FNO4/c1-12(2)21(11-18(22)23)19(24)16-9-6-14(10-17(16)20)13-4-7-15(25-3)8-5-13/h4-10,12H,11H2,1-3H3,(H,22,23). The summed E-state index contributed by atoms with van der Waals surface area (Å²) in [5.74, 6) is -1.78. The maximum absolute atomic E-state index is 14.5. The Morgan fingerprint density at radius 3 is 2.20 bits per heavy atom. The number of carboxylic acids is 1. The minimum atomic E-state index is -1.14. The molecule has 0 radical (unpaired) electrons. The smallest absolute Gasteiger partial charge is 0.323 e. The van der Waals surface area contributed by atoms with Crippen LogP contribution in [-0.2, 0) is 4.79 Å². The Morgan fingerprint density at radius 2 is 1.72 bits per heavy atom. The molecule has 1 amide bonds. The zero-order chi connectivity index (χ0) is 18.6. The van der Waals surface area contributed by atoms with E-state index in [0.29, 0.717) is 11.3 Å². The van der Waals surface area contributed by atoms with Crippen molar-refractivity contribution < 1.29 is 23.8 Å². The molecule has 0 aromatic heterocycles. The van der Waals surface area contributed by atoms with E-state index in [-0.39, 0.29) is 11.6 Å². The summed E-state index contributed by atoms with van der Waals surface area (Å²) >= 11 is 0. The first-order chi connectivity index (χ1) is 11.8. The lowest BCUT2D eigenvalue weighted by molar-refractivity contribution is -0.138. The van der Waals surface area contributed by atoms with Gasteiger partial charge in [0.2, 0.25) is 0 Å². The van der Waals surface area contributed by atoms with Crippen molar-refractivity contribution in [2.45, 2.75) is 19.9 Å². The number of carbonyl (C=O) groups is 2. The van der Waals surface area contributed by atoms with Crippen LogP contribution < -0.4 is 4.74 Å². The van der Waals surface area contributed by atoms with E-state index in [0.717, 1.165) is 10.5 Å². The third-order valence-electron chi connectivity index (χ3n) is 3.81. The lowest BCUT2D eigenvalue weighted by Gasteiger charge is -2.25. The van der Waals surface area contributed by atoms with Crippen LogP contribution in [-0.4, -0.2) is 41.6 Å². The summed E-state index contributed by atoms with van der Waals surface area (Å²) in [7, 11) is 1.56. The second-order valence-electron chi connectivity index (χ2n) is 5.84. The molecule has 5 nitrogen and oxygen atoms in total. The molecule has 2 rings (SSSR count). The number of hydrogen-bond donors (Lipinski definition) is 1. The predicted molar refractivity (Wildman–Crippen MR) is 92.2 cm³/mol. The Balaban J connectivity index is 2.31. The van der Waals surface area contributed by atoms with Gasteiger partial charge in [-0.15, -0.1) is 0 Å². The lowest BCUT2D eigenvalue weighted by Crippen LogP contribution is -2.41. The number of benzene rings is 2. The zero-order valence-electron chi connectivity index (χ0n) is 14.3. The Labute approximate surface area is 145 Å². The molecule has 0 aliphatic carbocycles. The van der Waals surface area contributed by atoms with Gasteiger partial charge in [-0.25, -0.2) is 4.39 Å². The number of carboxylic acid groups (broad SMARTS) is 1. The summed E-state index contributed by atoms with van der Waals surface area (Å²) in [5.41, 5.74) is 1.25. The number of rotatable bonds is 6. The molecule has 0 unspecified atom stereocenters. The normalized spacial score (nSPS) is 10.6. The first kappa shape index (κ1) is 18.4. The first-order valence-electron chi connectivity index (χ1n) is 7.80. The second-order valence-corrected chi connectivity index (χ2v) is 5.84. The molecule has 0 atom stereocenters. The Bertz CT molecular complexity index is 771. The van der Waals surface area contributed by atoms with E-state index in [1.807, 2.05) is 0 Å². The molecule has 0 bridgehead atoms. The molecule has 25 heavy (non-hydrogen) atoms. The minimum Gasteiger partial charge on any atom is -0.497 e. The zero-order valence-corrected chi connectivity index (χ0v) is 14.3. The van der Waals surface area contributed by atoms with Crippen molar-refractivity contribution in [3.8, 4) is 16.9 Å². The van der Waals surface area contributed by atoms with E-state index in [1.165, 1.54) is 12.1 Å². The summed E-state index contributed by atoms with van der Waals surface area (Å²) < 4.78 is 19.6. The van der Waals surface area contributed by atoms with E-state index in [2.05, 4.69) is 0 Å². The maximum atomic E-state index is 14.5. The molecule has 6 heteroatoms. The van der Waals surface area contributed by atoms with E-state index in [4.69, 9.17) is 9.84 Å². The fraction of sp³-hybridized carbons (Fsp3) is 0.263. The summed E-state index contributed by atoms with van der Waals surface area (Å²) in [4.78, 5) is 24.5. The average Bonchev–Trinajstić information content (AvgIpc) is 2.58. The van der Waals surface area contributed by atoms with E-state index >= 15 is 0 Å². The topological polar surface area (TPSA) is 66.8 Å². The number of ether oxygens (including phenoxy) is 1. The van der Waals surface area contributed by atoms with Gasteiger partial charge in [-0.05, 0) is 49.2 Å². The molecular formula is C19H20FNO4. The highest BCUT2D eigenvalue weighted by Gasteiger charge is 2.24. The summed E-state index contributed by atoms with van der Waals surface area (Å²) in [5, 5.41) is 8.94. The van der Waals surface area contributed by atoms with Crippen LogP contribution in [0.4, 0.5) is 4.39 Å². The molecule has 0 saturated carbocycles. The largest absolute Gasteiger partial charge is 0.497 e. The number of hydrogen-bond acceptors (Lipinski definition) is 3. The molecule has 0 spiro atoms. The molecular weight excluding hydrogens is 325 g/mol. The molecule has 0 aliphatic rings. The van der Waals surface area contributed by atoms with Crippen LogP contribution in [0.15, 0.2) is 42.5 Å². The minimum absolute atomic E-state index is 0.146. The van der Waals surface area contributed by atoms with Crippen molar-refractivity contribution in [3.05, 3.63) is 53.8 Å². The molecule has 2 aromatic carbocycles. The molecule has 132 valence electrons. The van der Waals surface area contributed by atoms with Crippen molar-refractivity contribution in [1.29, 1.82) is 0 Å². The van der Waals surface area contributed by atoms with Crippen LogP contribution in [0, 0.1) is 5.82 Å². The maximum Gasteiger partial charge on any atom is 0.323 e.